The summed E-state index contributed by atoms with van der Waals surface area (Å²) in [6, 6.07) is -0.262. The van der Waals surface area contributed by atoms with Crippen molar-refractivity contribution in [2.45, 2.75) is 31.7 Å². The number of piperidine rings is 1. The van der Waals surface area contributed by atoms with Gasteiger partial charge in [-0.15, -0.1) is 0 Å². The first-order valence-electron chi connectivity index (χ1n) is 5.76. The zero-order valence-electron chi connectivity index (χ0n) is 9.22. The Hall–Kier alpha value is -1.39. The third kappa shape index (κ3) is 1.94. The average molecular weight is 224 g/mol. The van der Waals surface area contributed by atoms with Crippen LogP contribution in [0.25, 0.3) is 0 Å². The fourth-order valence-corrected chi connectivity index (χ4v) is 2.43. The van der Waals surface area contributed by atoms with Gasteiger partial charge in [0.1, 0.15) is 12.3 Å². The topological polar surface area (TPSA) is 57.7 Å². The number of amides is 2. The normalized spacial score (nSPS) is 25.6. The standard InChI is InChI=1S/C11H16N2O3/c14-7-3-5-12-8-10(15)13-6-2-1-4-9(13)11(12)16/h7,9H,1-6,8H2. The van der Waals surface area contributed by atoms with E-state index in [1.165, 1.54) is 4.90 Å². The quantitative estimate of drug-likeness (QED) is 0.624. The predicted octanol–water partition coefficient (Wildman–Crippen LogP) is -0.201. The lowest BCUT2D eigenvalue weighted by atomic mass is 9.98. The maximum absolute atomic E-state index is 12.0. The van der Waals surface area contributed by atoms with E-state index in [-0.39, 0.29) is 24.4 Å². The van der Waals surface area contributed by atoms with Gasteiger partial charge in [-0.05, 0) is 19.3 Å². The van der Waals surface area contributed by atoms with Gasteiger partial charge in [-0.1, -0.05) is 0 Å². The van der Waals surface area contributed by atoms with Gasteiger partial charge in [-0.3, -0.25) is 9.59 Å². The van der Waals surface area contributed by atoms with Crippen LogP contribution in [0.5, 0.6) is 0 Å². The lowest BCUT2D eigenvalue weighted by molar-refractivity contribution is -0.157. The van der Waals surface area contributed by atoms with Gasteiger partial charge >= 0.3 is 0 Å². The van der Waals surface area contributed by atoms with Gasteiger partial charge < -0.3 is 14.6 Å². The second-order valence-electron chi connectivity index (χ2n) is 4.31. The SMILES string of the molecule is O=CCCN1CC(=O)N2CCCCC2C1=O. The fourth-order valence-electron chi connectivity index (χ4n) is 2.43. The molecule has 88 valence electrons. The van der Waals surface area contributed by atoms with Crippen molar-refractivity contribution in [1.82, 2.24) is 9.80 Å². The minimum Gasteiger partial charge on any atom is -0.331 e. The zero-order chi connectivity index (χ0) is 11.5. The summed E-state index contributed by atoms with van der Waals surface area (Å²) < 4.78 is 0. The summed E-state index contributed by atoms with van der Waals surface area (Å²) in [5.41, 5.74) is 0. The Morgan fingerprint density at radius 1 is 1.31 bits per heavy atom. The molecule has 2 rings (SSSR count). The molecule has 0 aromatic rings. The molecule has 2 aliphatic rings. The van der Waals surface area contributed by atoms with Crippen LogP contribution in [0.4, 0.5) is 0 Å². The maximum atomic E-state index is 12.0. The third-order valence-corrected chi connectivity index (χ3v) is 3.26. The summed E-state index contributed by atoms with van der Waals surface area (Å²) in [5, 5.41) is 0. The molecular formula is C11H16N2O3. The van der Waals surface area contributed by atoms with E-state index in [0.29, 0.717) is 19.5 Å². The molecule has 0 aliphatic carbocycles. The van der Waals surface area contributed by atoms with Crippen molar-refractivity contribution in [3.63, 3.8) is 0 Å². The molecule has 2 amide bonds. The number of carbonyl (C=O) groups is 3. The molecule has 16 heavy (non-hydrogen) atoms. The third-order valence-electron chi connectivity index (χ3n) is 3.26. The molecule has 0 saturated carbocycles. The highest BCUT2D eigenvalue weighted by atomic mass is 16.2. The Morgan fingerprint density at radius 3 is 2.88 bits per heavy atom. The van der Waals surface area contributed by atoms with Crippen LogP contribution < -0.4 is 0 Å². The Kier molecular flexibility index (Phi) is 3.22. The lowest BCUT2D eigenvalue weighted by Gasteiger charge is -2.42. The van der Waals surface area contributed by atoms with E-state index in [1.54, 1.807) is 4.90 Å². The van der Waals surface area contributed by atoms with Gasteiger partial charge in [0.15, 0.2) is 0 Å². The van der Waals surface area contributed by atoms with Gasteiger partial charge in [0.25, 0.3) is 0 Å². The monoisotopic (exact) mass is 224 g/mol. The number of aldehydes is 1. The molecular weight excluding hydrogens is 208 g/mol. The molecule has 0 aromatic carbocycles. The van der Waals surface area contributed by atoms with Crippen LogP contribution in [0.15, 0.2) is 0 Å². The molecule has 5 heteroatoms. The van der Waals surface area contributed by atoms with Crippen LogP contribution in [0, 0.1) is 0 Å². The molecule has 2 saturated heterocycles. The number of nitrogens with zero attached hydrogens (tertiary/aromatic N) is 2. The molecule has 0 bridgehead atoms. The predicted molar refractivity (Wildman–Crippen MR) is 56.6 cm³/mol. The second-order valence-corrected chi connectivity index (χ2v) is 4.31. The smallest absolute Gasteiger partial charge is 0.245 e. The fraction of sp³-hybridized carbons (Fsp3) is 0.727. The molecule has 1 atom stereocenters. The largest absolute Gasteiger partial charge is 0.331 e. The summed E-state index contributed by atoms with van der Waals surface area (Å²) in [6.45, 7) is 1.22. The first-order chi connectivity index (χ1) is 7.74. The number of hydrogen-bond acceptors (Lipinski definition) is 3. The Morgan fingerprint density at radius 2 is 2.12 bits per heavy atom. The van der Waals surface area contributed by atoms with Crippen LogP contribution >= 0.6 is 0 Å². The molecule has 2 heterocycles. The van der Waals surface area contributed by atoms with E-state index in [2.05, 4.69) is 0 Å². The van der Waals surface area contributed by atoms with Crippen molar-refractivity contribution < 1.29 is 14.4 Å². The number of rotatable bonds is 3. The first kappa shape index (κ1) is 11.1. The molecule has 0 radical (unpaired) electrons. The first-order valence-corrected chi connectivity index (χ1v) is 5.76. The summed E-state index contributed by atoms with van der Waals surface area (Å²) in [4.78, 5) is 37.3. The van der Waals surface area contributed by atoms with Crippen molar-refractivity contribution in [3.05, 3.63) is 0 Å². The van der Waals surface area contributed by atoms with Crippen LogP contribution in [-0.4, -0.2) is 53.6 Å². The van der Waals surface area contributed by atoms with E-state index in [1.807, 2.05) is 0 Å². The zero-order valence-corrected chi connectivity index (χ0v) is 9.22. The van der Waals surface area contributed by atoms with E-state index in [4.69, 9.17) is 0 Å². The highest BCUT2D eigenvalue weighted by Crippen LogP contribution is 2.22. The summed E-state index contributed by atoms with van der Waals surface area (Å²) in [7, 11) is 0. The van der Waals surface area contributed by atoms with Crippen molar-refractivity contribution in [2.24, 2.45) is 0 Å². The Labute approximate surface area is 94.4 Å². The van der Waals surface area contributed by atoms with E-state index >= 15 is 0 Å². The van der Waals surface area contributed by atoms with E-state index in [9.17, 15) is 14.4 Å². The van der Waals surface area contributed by atoms with Gasteiger partial charge in [0.2, 0.25) is 11.8 Å². The molecule has 5 nitrogen and oxygen atoms in total. The summed E-state index contributed by atoms with van der Waals surface area (Å²) in [5.74, 6) is 0.0383. The minimum atomic E-state index is -0.262. The van der Waals surface area contributed by atoms with Crippen molar-refractivity contribution in [2.75, 3.05) is 19.6 Å². The van der Waals surface area contributed by atoms with E-state index in [0.717, 1.165) is 25.5 Å². The van der Waals surface area contributed by atoms with E-state index < -0.39 is 0 Å². The summed E-state index contributed by atoms with van der Waals surface area (Å²) >= 11 is 0. The van der Waals surface area contributed by atoms with Crippen molar-refractivity contribution in [3.8, 4) is 0 Å². The van der Waals surface area contributed by atoms with Gasteiger partial charge in [-0.2, -0.15) is 0 Å². The van der Waals surface area contributed by atoms with Crippen LogP contribution in [0.2, 0.25) is 0 Å². The second kappa shape index (κ2) is 4.63. The number of fused-ring (bicyclic) bond motifs is 1. The van der Waals surface area contributed by atoms with Crippen LogP contribution in [-0.2, 0) is 14.4 Å². The molecule has 0 aromatic heterocycles. The van der Waals surface area contributed by atoms with Gasteiger partial charge in [0, 0.05) is 19.5 Å². The van der Waals surface area contributed by atoms with Crippen LogP contribution in [0.1, 0.15) is 25.7 Å². The number of hydrogen-bond donors (Lipinski definition) is 0. The number of carbonyl (C=O) groups excluding carboxylic acids is 3. The molecule has 0 N–H and O–H groups in total. The number of piperazine rings is 1. The van der Waals surface area contributed by atoms with Crippen molar-refractivity contribution >= 4 is 18.1 Å². The molecule has 2 fully saturated rings. The highest BCUT2D eigenvalue weighted by Gasteiger charge is 2.39. The molecule has 0 spiro atoms. The average Bonchev–Trinajstić information content (AvgIpc) is 2.32. The van der Waals surface area contributed by atoms with Gasteiger partial charge in [-0.25, -0.2) is 0 Å². The molecule has 1 unspecified atom stereocenters. The highest BCUT2D eigenvalue weighted by molar-refractivity contribution is 5.95. The molecule has 2 aliphatic heterocycles. The van der Waals surface area contributed by atoms with Crippen molar-refractivity contribution in [1.29, 1.82) is 0 Å². The lowest BCUT2D eigenvalue weighted by Crippen LogP contribution is -2.61. The Balaban J connectivity index is 2.06. The van der Waals surface area contributed by atoms with Gasteiger partial charge in [0.05, 0.1) is 6.54 Å². The Bertz CT molecular complexity index is 316. The summed E-state index contributed by atoms with van der Waals surface area (Å²) in [6.07, 6.45) is 3.85. The minimum absolute atomic E-state index is 0.0150. The van der Waals surface area contributed by atoms with Crippen LogP contribution in [0.3, 0.4) is 0 Å². The maximum Gasteiger partial charge on any atom is 0.245 e.